The van der Waals surface area contributed by atoms with Gasteiger partial charge in [-0.15, -0.1) is 0 Å². The third-order valence-corrected chi connectivity index (χ3v) is 5.56. The molecule has 1 unspecified atom stereocenters. The molecule has 0 saturated heterocycles. The molecule has 36 heavy (non-hydrogen) atoms. The molecule has 1 atom stereocenters. The van der Waals surface area contributed by atoms with Crippen LogP contribution in [0.15, 0.2) is 79.0 Å². The first-order chi connectivity index (χ1) is 17.5. The quantitative estimate of drug-likeness (QED) is 0.315. The van der Waals surface area contributed by atoms with Gasteiger partial charge in [-0.1, -0.05) is 30.3 Å². The Kier molecular flexibility index (Phi) is 7.94. The van der Waals surface area contributed by atoms with Crippen molar-refractivity contribution in [3.05, 3.63) is 84.6 Å². The zero-order valence-electron chi connectivity index (χ0n) is 20.0. The first kappa shape index (κ1) is 24.9. The normalized spacial score (nSPS) is 11.4. The fourth-order valence-corrected chi connectivity index (χ4v) is 3.85. The van der Waals surface area contributed by atoms with E-state index in [9.17, 15) is 4.79 Å². The Balaban J connectivity index is 1.42. The zero-order valence-corrected chi connectivity index (χ0v) is 20.8. The molecule has 8 nitrogen and oxygen atoms in total. The second-order valence-corrected chi connectivity index (χ2v) is 8.04. The number of hydrogen-bond donors (Lipinski definition) is 2. The number of benzene rings is 3. The SMILES string of the molecule is COc1cc2nccc(Oc3ccc(NC(=S)NC(=O)C(OC)c4ccccc4)cc3)c2cc1OC. The van der Waals surface area contributed by atoms with Crippen LogP contribution in [-0.2, 0) is 9.53 Å². The standard InChI is InChI=1S/C27H25N3O5S/c1-32-23-15-20-21(16-24(23)33-2)28-14-13-22(20)35-19-11-9-18(10-12-19)29-27(36)30-26(31)25(34-3)17-7-5-4-6-8-17/h4-16,25H,1-3H3,(H2,29,30,31,36). The molecule has 184 valence electrons. The summed E-state index contributed by atoms with van der Waals surface area (Å²) in [5.74, 6) is 2.05. The number of anilines is 1. The molecule has 0 spiro atoms. The van der Waals surface area contributed by atoms with Gasteiger partial charge in [0, 0.05) is 30.4 Å². The van der Waals surface area contributed by atoms with Crippen LogP contribution in [0.25, 0.3) is 10.9 Å². The van der Waals surface area contributed by atoms with Crippen LogP contribution >= 0.6 is 12.2 Å². The van der Waals surface area contributed by atoms with Crippen LogP contribution in [-0.4, -0.2) is 37.3 Å². The summed E-state index contributed by atoms with van der Waals surface area (Å²) < 4.78 is 22.2. The molecule has 1 heterocycles. The van der Waals surface area contributed by atoms with Crippen LogP contribution in [0.2, 0.25) is 0 Å². The highest BCUT2D eigenvalue weighted by atomic mass is 32.1. The van der Waals surface area contributed by atoms with E-state index in [0.717, 1.165) is 16.5 Å². The topological polar surface area (TPSA) is 90.9 Å². The van der Waals surface area contributed by atoms with E-state index in [1.807, 2.05) is 36.4 Å². The number of nitrogens with zero attached hydrogens (tertiary/aromatic N) is 1. The molecule has 3 aromatic carbocycles. The van der Waals surface area contributed by atoms with Crippen LogP contribution in [0.1, 0.15) is 11.7 Å². The summed E-state index contributed by atoms with van der Waals surface area (Å²) in [6.45, 7) is 0. The van der Waals surface area contributed by atoms with Gasteiger partial charge in [0.1, 0.15) is 11.5 Å². The highest BCUT2D eigenvalue weighted by molar-refractivity contribution is 7.80. The van der Waals surface area contributed by atoms with Gasteiger partial charge >= 0.3 is 0 Å². The predicted octanol–water partition coefficient (Wildman–Crippen LogP) is 5.25. The molecule has 9 heteroatoms. The van der Waals surface area contributed by atoms with Gasteiger partial charge in [-0.05, 0) is 54.2 Å². The number of hydrogen-bond acceptors (Lipinski definition) is 7. The summed E-state index contributed by atoms with van der Waals surface area (Å²) in [4.78, 5) is 17.0. The van der Waals surface area contributed by atoms with Gasteiger partial charge in [0.2, 0.25) is 0 Å². The second-order valence-electron chi connectivity index (χ2n) is 7.63. The fourth-order valence-electron chi connectivity index (χ4n) is 3.63. The number of rotatable bonds is 8. The summed E-state index contributed by atoms with van der Waals surface area (Å²) in [6.07, 6.45) is 0.902. The lowest BCUT2D eigenvalue weighted by atomic mass is 10.1. The lowest BCUT2D eigenvalue weighted by Gasteiger charge is -2.17. The molecule has 4 aromatic rings. The number of carbonyl (C=O) groups excluding carboxylic acids is 1. The minimum atomic E-state index is -0.768. The van der Waals surface area contributed by atoms with Crippen molar-refractivity contribution in [2.45, 2.75) is 6.10 Å². The van der Waals surface area contributed by atoms with Crippen LogP contribution in [0, 0.1) is 0 Å². The lowest BCUT2D eigenvalue weighted by molar-refractivity contribution is -0.129. The van der Waals surface area contributed by atoms with Crippen LogP contribution in [0.4, 0.5) is 5.69 Å². The van der Waals surface area contributed by atoms with E-state index >= 15 is 0 Å². The molecule has 1 amide bonds. The van der Waals surface area contributed by atoms with Crippen LogP contribution < -0.4 is 24.8 Å². The van der Waals surface area contributed by atoms with Crippen LogP contribution in [0.5, 0.6) is 23.0 Å². The second kappa shape index (κ2) is 11.5. The summed E-state index contributed by atoms with van der Waals surface area (Å²) >= 11 is 5.31. The van der Waals surface area contributed by atoms with Gasteiger partial charge in [0.15, 0.2) is 22.7 Å². The van der Waals surface area contributed by atoms with Gasteiger partial charge in [-0.25, -0.2) is 0 Å². The van der Waals surface area contributed by atoms with Gasteiger partial charge in [0.25, 0.3) is 5.91 Å². The summed E-state index contributed by atoms with van der Waals surface area (Å²) in [5, 5.41) is 6.61. The molecular weight excluding hydrogens is 478 g/mol. The number of aromatic nitrogens is 1. The number of pyridine rings is 1. The van der Waals surface area contributed by atoms with Gasteiger partial charge < -0.3 is 29.6 Å². The van der Waals surface area contributed by atoms with E-state index in [1.165, 1.54) is 7.11 Å². The van der Waals surface area contributed by atoms with Gasteiger partial charge in [0.05, 0.1) is 19.7 Å². The minimum absolute atomic E-state index is 0.160. The van der Waals surface area contributed by atoms with E-state index in [1.54, 1.807) is 56.8 Å². The third kappa shape index (κ3) is 5.70. The maximum absolute atomic E-state index is 12.6. The highest BCUT2D eigenvalue weighted by Gasteiger charge is 2.20. The van der Waals surface area contributed by atoms with Crippen molar-refractivity contribution in [3.8, 4) is 23.0 Å². The zero-order chi connectivity index (χ0) is 25.5. The Morgan fingerprint density at radius 3 is 2.25 bits per heavy atom. The Hall–Kier alpha value is -4.21. The maximum atomic E-state index is 12.6. The molecule has 0 aliphatic carbocycles. The van der Waals surface area contributed by atoms with E-state index in [2.05, 4.69) is 15.6 Å². The van der Waals surface area contributed by atoms with Gasteiger partial charge in [-0.2, -0.15) is 0 Å². The van der Waals surface area contributed by atoms with E-state index in [0.29, 0.717) is 28.7 Å². The number of ether oxygens (including phenoxy) is 4. The number of amides is 1. The third-order valence-electron chi connectivity index (χ3n) is 5.36. The lowest BCUT2D eigenvalue weighted by Crippen LogP contribution is -2.38. The molecule has 2 N–H and O–H groups in total. The summed E-state index contributed by atoms with van der Waals surface area (Å²) in [5.41, 5.74) is 2.14. The Labute approximate surface area is 214 Å². The van der Waals surface area contributed by atoms with Crippen molar-refractivity contribution in [1.82, 2.24) is 10.3 Å². The minimum Gasteiger partial charge on any atom is -0.493 e. The molecule has 0 bridgehead atoms. The predicted molar refractivity (Wildman–Crippen MR) is 142 cm³/mol. The fraction of sp³-hybridized carbons (Fsp3) is 0.148. The van der Waals surface area contributed by atoms with E-state index < -0.39 is 6.10 Å². The highest BCUT2D eigenvalue weighted by Crippen LogP contribution is 2.37. The average Bonchev–Trinajstić information content (AvgIpc) is 2.90. The van der Waals surface area contributed by atoms with E-state index in [4.69, 9.17) is 31.2 Å². The molecule has 1 aromatic heterocycles. The molecule has 0 saturated carbocycles. The number of fused-ring (bicyclic) bond motifs is 1. The van der Waals surface area contributed by atoms with Crippen molar-refractivity contribution in [2.24, 2.45) is 0 Å². The monoisotopic (exact) mass is 503 g/mol. The first-order valence-electron chi connectivity index (χ1n) is 11.0. The van der Waals surface area contributed by atoms with E-state index in [-0.39, 0.29) is 11.0 Å². The van der Waals surface area contributed by atoms with Gasteiger partial charge in [-0.3, -0.25) is 9.78 Å². The largest absolute Gasteiger partial charge is 0.493 e. The Morgan fingerprint density at radius 2 is 1.58 bits per heavy atom. The number of carbonyl (C=O) groups is 1. The first-order valence-corrected chi connectivity index (χ1v) is 11.4. The van der Waals surface area contributed by atoms with Crippen molar-refractivity contribution in [3.63, 3.8) is 0 Å². The Bertz CT molecular complexity index is 1360. The number of methoxy groups -OCH3 is 3. The molecule has 0 radical (unpaired) electrons. The molecule has 0 aliphatic heterocycles. The molecule has 0 fully saturated rings. The number of thiocarbonyl (C=S) groups is 1. The Morgan fingerprint density at radius 1 is 0.889 bits per heavy atom. The molecule has 4 rings (SSSR count). The summed E-state index contributed by atoms with van der Waals surface area (Å²) in [6, 6.07) is 21.8. The average molecular weight is 504 g/mol. The van der Waals surface area contributed by atoms with Crippen LogP contribution in [0.3, 0.4) is 0 Å². The van der Waals surface area contributed by atoms with Crippen molar-refractivity contribution < 1.29 is 23.7 Å². The molecule has 0 aliphatic rings. The smallest absolute Gasteiger partial charge is 0.259 e. The summed E-state index contributed by atoms with van der Waals surface area (Å²) in [7, 11) is 4.64. The van der Waals surface area contributed by atoms with Crippen molar-refractivity contribution >= 4 is 39.8 Å². The number of nitrogens with one attached hydrogen (secondary N) is 2. The van der Waals surface area contributed by atoms with Crippen molar-refractivity contribution in [1.29, 1.82) is 0 Å². The maximum Gasteiger partial charge on any atom is 0.259 e. The molecular formula is C27H25N3O5S. The van der Waals surface area contributed by atoms with Crippen molar-refractivity contribution in [2.75, 3.05) is 26.6 Å².